The minimum absolute atomic E-state index is 0.0442. The lowest BCUT2D eigenvalue weighted by molar-refractivity contribution is -0.140. The minimum atomic E-state index is -4.26. The Morgan fingerprint density at radius 2 is 1.39 bits per heavy atom. The molecule has 0 saturated heterocycles. The summed E-state index contributed by atoms with van der Waals surface area (Å²) in [5.41, 5.74) is 1.82. The Kier molecular flexibility index (Phi) is 11.4. The number of carbonyl (C=O) groups is 2. The van der Waals surface area contributed by atoms with Gasteiger partial charge in [0.25, 0.3) is 10.0 Å². The van der Waals surface area contributed by atoms with Crippen LogP contribution in [0.4, 0.5) is 5.69 Å². The Bertz CT molecular complexity index is 1760. The van der Waals surface area contributed by atoms with E-state index in [9.17, 15) is 18.0 Å². The molecule has 0 heterocycles. The highest BCUT2D eigenvalue weighted by Gasteiger charge is 2.36. The number of halogens is 3. The minimum Gasteiger partial charge on any atom is -0.350 e. The zero-order valence-corrected chi connectivity index (χ0v) is 29.1. The molecule has 46 heavy (non-hydrogen) atoms. The summed E-state index contributed by atoms with van der Waals surface area (Å²) in [6.45, 7) is 6.67. The fourth-order valence-electron chi connectivity index (χ4n) is 4.83. The molecule has 0 aliphatic carbocycles. The molecule has 0 unspecified atom stereocenters. The maximum atomic E-state index is 14.6. The van der Waals surface area contributed by atoms with E-state index in [4.69, 9.17) is 34.8 Å². The van der Waals surface area contributed by atoms with Crippen LogP contribution in [0.25, 0.3) is 0 Å². The molecule has 0 saturated carbocycles. The molecule has 0 aliphatic heterocycles. The number of aryl methyl sites for hydroxylation is 1. The lowest BCUT2D eigenvalue weighted by Gasteiger charge is -2.35. The quantitative estimate of drug-likeness (QED) is 0.174. The van der Waals surface area contributed by atoms with Crippen molar-refractivity contribution in [3.8, 4) is 0 Å². The number of sulfonamides is 1. The van der Waals surface area contributed by atoms with Gasteiger partial charge in [-0.05, 0) is 81.8 Å². The first kappa shape index (κ1) is 35.3. The van der Waals surface area contributed by atoms with Crippen molar-refractivity contribution in [1.82, 2.24) is 10.2 Å². The van der Waals surface area contributed by atoms with Crippen LogP contribution < -0.4 is 9.62 Å². The molecule has 0 aliphatic rings. The lowest BCUT2D eigenvalue weighted by atomic mass is 10.0. The van der Waals surface area contributed by atoms with Crippen molar-refractivity contribution in [1.29, 1.82) is 0 Å². The number of benzene rings is 4. The summed E-state index contributed by atoms with van der Waals surface area (Å²) < 4.78 is 29.3. The van der Waals surface area contributed by atoms with E-state index in [1.807, 2.05) is 58.0 Å². The van der Waals surface area contributed by atoms with Crippen LogP contribution in [-0.2, 0) is 32.6 Å². The number of rotatable bonds is 11. The number of hydrogen-bond donors (Lipinski definition) is 1. The van der Waals surface area contributed by atoms with Gasteiger partial charge in [0.2, 0.25) is 11.8 Å². The van der Waals surface area contributed by atoms with Gasteiger partial charge in [-0.25, -0.2) is 8.42 Å². The number of amides is 2. The molecule has 0 aromatic heterocycles. The first-order valence-corrected chi connectivity index (χ1v) is 17.2. The van der Waals surface area contributed by atoms with Crippen LogP contribution in [0.1, 0.15) is 37.5 Å². The molecule has 4 aromatic carbocycles. The highest BCUT2D eigenvalue weighted by atomic mass is 35.5. The predicted octanol–water partition coefficient (Wildman–Crippen LogP) is 7.71. The van der Waals surface area contributed by atoms with E-state index >= 15 is 0 Å². The normalized spacial score (nSPS) is 12.3. The maximum absolute atomic E-state index is 14.6. The average Bonchev–Trinajstić information content (AvgIpc) is 2.99. The molecule has 0 bridgehead atoms. The van der Waals surface area contributed by atoms with Crippen LogP contribution in [0.5, 0.6) is 0 Å². The molecule has 11 heteroatoms. The van der Waals surface area contributed by atoms with Crippen molar-refractivity contribution < 1.29 is 18.0 Å². The number of nitrogens with one attached hydrogen (secondary N) is 1. The molecular formula is C35H36Cl3N3O4S. The van der Waals surface area contributed by atoms with Gasteiger partial charge in [0.15, 0.2) is 0 Å². The van der Waals surface area contributed by atoms with Crippen molar-refractivity contribution in [3.05, 3.63) is 129 Å². The summed E-state index contributed by atoms with van der Waals surface area (Å²) in [6.07, 6.45) is 0.158. The van der Waals surface area contributed by atoms with E-state index in [2.05, 4.69) is 5.32 Å². The third kappa shape index (κ3) is 9.04. The fraction of sp³-hybridized carbons (Fsp3) is 0.257. The average molecular weight is 701 g/mol. The number of carbonyl (C=O) groups excluding carboxylic acids is 2. The summed E-state index contributed by atoms with van der Waals surface area (Å²) in [6, 6.07) is 25.8. The van der Waals surface area contributed by atoms with Gasteiger partial charge in [-0.15, -0.1) is 0 Å². The Balaban J connectivity index is 1.85. The first-order chi connectivity index (χ1) is 21.7. The number of hydrogen-bond acceptors (Lipinski definition) is 4. The summed E-state index contributed by atoms with van der Waals surface area (Å²) in [5.74, 6) is -1.03. The Labute approximate surface area is 286 Å². The summed E-state index contributed by atoms with van der Waals surface area (Å²) in [4.78, 5) is 29.9. The SMILES string of the molecule is Cc1ccc(N(CC(=O)N(Cc2c(Cl)cccc2Cl)[C@H](Cc2ccccc2)C(=O)NC(C)(C)C)S(=O)(=O)c2ccc(Cl)cc2)cc1. The van der Waals surface area contributed by atoms with Gasteiger partial charge in [0.1, 0.15) is 12.6 Å². The third-order valence-corrected chi connectivity index (χ3v) is 9.91. The Hall–Kier alpha value is -3.56. The van der Waals surface area contributed by atoms with Crippen LogP contribution in [0.2, 0.25) is 15.1 Å². The van der Waals surface area contributed by atoms with E-state index in [0.29, 0.717) is 20.6 Å². The van der Waals surface area contributed by atoms with Crippen molar-refractivity contribution >= 4 is 62.3 Å². The van der Waals surface area contributed by atoms with Crippen molar-refractivity contribution in [2.75, 3.05) is 10.8 Å². The van der Waals surface area contributed by atoms with Gasteiger partial charge in [-0.3, -0.25) is 13.9 Å². The molecule has 7 nitrogen and oxygen atoms in total. The molecule has 2 amide bonds. The van der Waals surface area contributed by atoms with Crippen LogP contribution >= 0.6 is 34.8 Å². The Morgan fingerprint density at radius 3 is 1.96 bits per heavy atom. The summed E-state index contributed by atoms with van der Waals surface area (Å²) >= 11 is 19.2. The van der Waals surface area contributed by atoms with Gasteiger partial charge in [-0.1, -0.05) is 88.9 Å². The van der Waals surface area contributed by atoms with Gasteiger partial charge < -0.3 is 10.2 Å². The van der Waals surface area contributed by atoms with E-state index in [1.165, 1.54) is 29.2 Å². The second kappa shape index (κ2) is 14.9. The summed E-state index contributed by atoms with van der Waals surface area (Å²) in [7, 11) is -4.26. The zero-order valence-electron chi connectivity index (χ0n) is 26.0. The molecule has 1 N–H and O–H groups in total. The van der Waals surface area contributed by atoms with E-state index < -0.39 is 40.0 Å². The molecular weight excluding hydrogens is 665 g/mol. The van der Waals surface area contributed by atoms with Crippen molar-refractivity contribution in [2.45, 2.75) is 57.1 Å². The topological polar surface area (TPSA) is 86.8 Å². The van der Waals surface area contributed by atoms with E-state index in [0.717, 1.165) is 15.4 Å². The van der Waals surface area contributed by atoms with Crippen molar-refractivity contribution in [2.24, 2.45) is 0 Å². The smallest absolute Gasteiger partial charge is 0.264 e. The monoisotopic (exact) mass is 699 g/mol. The Morgan fingerprint density at radius 1 is 0.804 bits per heavy atom. The third-order valence-electron chi connectivity index (χ3n) is 7.16. The molecule has 4 rings (SSSR count). The number of nitrogens with zero attached hydrogens (tertiary/aromatic N) is 2. The largest absolute Gasteiger partial charge is 0.350 e. The van der Waals surface area contributed by atoms with Gasteiger partial charge in [0.05, 0.1) is 10.6 Å². The standard InChI is InChI=1S/C35H36Cl3N3O4S/c1-24-13-17-27(18-14-24)41(46(44,45)28-19-15-26(36)16-20-28)23-33(42)40(22-29-30(37)11-8-12-31(29)38)32(34(43)39-35(2,3)4)21-25-9-6-5-7-10-25/h5-20,32H,21-23H2,1-4H3,(H,39,43)/t32-/m1/s1. The summed E-state index contributed by atoms with van der Waals surface area (Å²) in [5, 5.41) is 3.99. The highest BCUT2D eigenvalue weighted by Crippen LogP contribution is 2.29. The molecule has 0 spiro atoms. The first-order valence-electron chi connectivity index (χ1n) is 14.6. The van der Waals surface area contributed by atoms with Crippen LogP contribution in [0.15, 0.2) is 102 Å². The van der Waals surface area contributed by atoms with Crippen LogP contribution in [0, 0.1) is 6.92 Å². The zero-order chi connectivity index (χ0) is 33.6. The van der Waals surface area contributed by atoms with Gasteiger partial charge in [0, 0.05) is 39.1 Å². The van der Waals surface area contributed by atoms with Crippen LogP contribution in [-0.4, -0.2) is 43.3 Å². The van der Waals surface area contributed by atoms with Crippen molar-refractivity contribution in [3.63, 3.8) is 0 Å². The fourth-order valence-corrected chi connectivity index (χ4v) is 6.89. The molecule has 1 atom stereocenters. The predicted molar refractivity (Wildman–Crippen MR) is 186 cm³/mol. The highest BCUT2D eigenvalue weighted by molar-refractivity contribution is 7.92. The second-order valence-corrected chi connectivity index (χ2v) is 15.1. The van der Waals surface area contributed by atoms with Gasteiger partial charge >= 0.3 is 0 Å². The lowest BCUT2D eigenvalue weighted by Crippen LogP contribution is -2.56. The van der Waals surface area contributed by atoms with Gasteiger partial charge in [-0.2, -0.15) is 0 Å². The second-order valence-electron chi connectivity index (χ2n) is 12.0. The molecule has 242 valence electrons. The number of anilines is 1. The van der Waals surface area contributed by atoms with E-state index in [1.54, 1.807) is 42.5 Å². The molecule has 0 radical (unpaired) electrons. The van der Waals surface area contributed by atoms with E-state index in [-0.39, 0.29) is 23.5 Å². The maximum Gasteiger partial charge on any atom is 0.264 e. The molecule has 0 fully saturated rings. The molecule has 4 aromatic rings. The van der Waals surface area contributed by atoms with Crippen LogP contribution in [0.3, 0.4) is 0 Å².